The van der Waals surface area contributed by atoms with E-state index in [1.165, 1.54) is 35.0 Å². The summed E-state index contributed by atoms with van der Waals surface area (Å²) in [6.45, 7) is 4.20. The summed E-state index contributed by atoms with van der Waals surface area (Å²) in [5.74, 6) is 0.0376. The number of thiophene rings is 1. The number of amides is 2. The van der Waals surface area contributed by atoms with Crippen LogP contribution in [0.1, 0.15) is 27.0 Å². The predicted octanol–water partition coefficient (Wildman–Crippen LogP) is 3.84. The lowest BCUT2D eigenvalue weighted by Gasteiger charge is -2.17. The van der Waals surface area contributed by atoms with Crippen LogP contribution in [0, 0.1) is 0 Å². The van der Waals surface area contributed by atoms with Crippen molar-refractivity contribution in [3.05, 3.63) is 76.0 Å². The number of fused-ring (bicyclic) bond motifs is 1. The second-order valence-corrected chi connectivity index (χ2v) is 8.47. The van der Waals surface area contributed by atoms with Gasteiger partial charge in [0.25, 0.3) is 5.91 Å². The molecule has 2 N–H and O–H groups in total. The number of hydrogen-bond donors (Lipinski definition) is 2. The van der Waals surface area contributed by atoms with E-state index in [1.54, 1.807) is 0 Å². The SMILES string of the molecule is CC(=O)NCCNCc1ccc(C(=O)N2CCc3c(-c4ccccc4)cccc32)s1. The number of benzene rings is 2. The Morgan fingerprint density at radius 2 is 1.83 bits per heavy atom. The topological polar surface area (TPSA) is 61.4 Å². The number of anilines is 1. The molecule has 0 radical (unpaired) electrons. The summed E-state index contributed by atoms with van der Waals surface area (Å²) in [6, 6.07) is 20.5. The average Bonchev–Trinajstić information content (AvgIpc) is 3.40. The first-order valence-electron chi connectivity index (χ1n) is 10.2. The van der Waals surface area contributed by atoms with Crippen LogP contribution in [0.4, 0.5) is 5.69 Å². The minimum Gasteiger partial charge on any atom is -0.355 e. The van der Waals surface area contributed by atoms with Crippen molar-refractivity contribution in [1.29, 1.82) is 0 Å². The third kappa shape index (κ3) is 4.45. The first-order valence-corrected chi connectivity index (χ1v) is 11.0. The standard InChI is InChI=1S/C24H25N3O2S/c1-17(28)26-14-13-25-16-19-10-11-23(30-19)24(29)27-15-12-21-20(8-5-9-22(21)27)18-6-3-2-4-7-18/h2-11,25H,12-16H2,1H3,(H,26,28). The van der Waals surface area contributed by atoms with Gasteiger partial charge < -0.3 is 15.5 Å². The molecule has 6 heteroatoms. The highest BCUT2D eigenvalue weighted by Gasteiger charge is 2.28. The zero-order valence-electron chi connectivity index (χ0n) is 17.0. The van der Waals surface area contributed by atoms with Crippen molar-refractivity contribution in [3.63, 3.8) is 0 Å². The molecule has 1 aliphatic heterocycles. The molecule has 1 aromatic heterocycles. The first-order chi connectivity index (χ1) is 14.6. The molecule has 0 fully saturated rings. The Morgan fingerprint density at radius 3 is 2.63 bits per heavy atom. The van der Waals surface area contributed by atoms with Gasteiger partial charge in [0.15, 0.2) is 0 Å². The minimum absolute atomic E-state index is 0.0258. The highest BCUT2D eigenvalue weighted by Crippen LogP contribution is 2.37. The summed E-state index contributed by atoms with van der Waals surface area (Å²) in [7, 11) is 0. The van der Waals surface area contributed by atoms with Gasteiger partial charge in [-0.05, 0) is 41.3 Å². The molecule has 0 unspecified atom stereocenters. The van der Waals surface area contributed by atoms with Crippen LogP contribution in [0.5, 0.6) is 0 Å². The lowest BCUT2D eigenvalue weighted by atomic mass is 9.98. The molecule has 0 aliphatic carbocycles. The van der Waals surface area contributed by atoms with Crippen molar-refractivity contribution in [2.24, 2.45) is 0 Å². The van der Waals surface area contributed by atoms with Crippen LogP contribution in [0.25, 0.3) is 11.1 Å². The molecule has 2 amide bonds. The second kappa shape index (κ2) is 9.24. The Bertz CT molecular complexity index is 1050. The Kier molecular flexibility index (Phi) is 6.26. The van der Waals surface area contributed by atoms with Gasteiger partial charge in [-0.25, -0.2) is 0 Å². The fraction of sp³-hybridized carbons (Fsp3) is 0.250. The smallest absolute Gasteiger partial charge is 0.268 e. The van der Waals surface area contributed by atoms with Crippen molar-refractivity contribution in [1.82, 2.24) is 10.6 Å². The van der Waals surface area contributed by atoms with Gasteiger partial charge in [-0.1, -0.05) is 42.5 Å². The van der Waals surface area contributed by atoms with Crippen LogP contribution >= 0.6 is 11.3 Å². The third-order valence-corrected chi connectivity index (χ3v) is 6.28. The van der Waals surface area contributed by atoms with E-state index in [0.29, 0.717) is 26.2 Å². The summed E-state index contributed by atoms with van der Waals surface area (Å²) in [5, 5.41) is 6.05. The summed E-state index contributed by atoms with van der Waals surface area (Å²) >= 11 is 1.53. The van der Waals surface area contributed by atoms with E-state index in [4.69, 9.17) is 0 Å². The molecule has 2 aromatic carbocycles. The molecule has 1 aliphatic rings. The normalized spacial score (nSPS) is 12.6. The molecular formula is C24H25N3O2S. The van der Waals surface area contributed by atoms with Crippen LogP contribution in [0.3, 0.4) is 0 Å². The van der Waals surface area contributed by atoms with Crippen molar-refractivity contribution in [3.8, 4) is 11.1 Å². The van der Waals surface area contributed by atoms with Gasteiger partial charge in [0.2, 0.25) is 5.91 Å². The number of carbonyl (C=O) groups is 2. The van der Waals surface area contributed by atoms with Gasteiger partial charge in [-0.3, -0.25) is 9.59 Å². The molecule has 0 saturated heterocycles. The van der Waals surface area contributed by atoms with Gasteiger partial charge >= 0.3 is 0 Å². The second-order valence-electron chi connectivity index (χ2n) is 7.30. The van der Waals surface area contributed by atoms with E-state index in [1.807, 2.05) is 47.4 Å². The summed E-state index contributed by atoms with van der Waals surface area (Å²) in [6.07, 6.45) is 0.870. The number of rotatable bonds is 7. The Hall–Kier alpha value is -2.96. The summed E-state index contributed by atoms with van der Waals surface area (Å²) in [5.41, 5.74) is 4.66. The number of nitrogens with zero attached hydrogens (tertiary/aromatic N) is 1. The van der Waals surface area contributed by atoms with E-state index in [9.17, 15) is 9.59 Å². The third-order valence-electron chi connectivity index (χ3n) is 5.20. The van der Waals surface area contributed by atoms with Gasteiger partial charge in [-0.2, -0.15) is 0 Å². The van der Waals surface area contributed by atoms with Gasteiger partial charge in [0.1, 0.15) is 0 Å². The molecule has 30 heavy (non-hydrogen) atoms. The van der Waals surface area contributed by atoms with Crippen molar-refractivity contribution < 1.29 is 9.59 Å². The Labute approximate surface area is 180 Å². The summed E-state index contributed by atoms with van der Waals surface area (Å²) < 4.78 is 0. The first kappa shape index (κ1) is 20.3. The monoisotopic (exact) mass is 419 g/mol. The van der Waals surface area contributed by atoms with Crippen molar-refractivity contribution >= 4 is 28.8 Å². The van der Waals surface area contributed by atoms with Crippen LogP contribution in [0.15, 0.2) is 60.7 Å². The maximum atomic E-state index is 13.2. The molecule has 5 nitrogen and oxygen atoms in total. The van der Waals surface area contributed by atoms with Crippen molar-refractivity contribution in [2.45, 2.75) is 19.9 Å². The van der Waals surface area contributed by atoms with Crippen LogP contribution < -0.4 is 15.5 Å². The molecule has 0 saturated carbocycles. The minimum atomic E-state index is -0.0258. The summed E-state index contributed by atoms with van der Waals surface area (Å²) in [4.78, 5) is 27.9. The maximum absolute atomic E-state index is 13.2. The van der Waals surface area contributed by atoms with E-state index in [-0.39, 0.29) is 11.8 Å². The number of carbonyl (C=O) groups excluding carboxylic acids is 2. The number of hydrogen-bond acceptors (Lipinski definition) is 4. The van der Waals surface area contributed by atoms with Crippen molar-refractivity contribution in [2.75, 3.05) is 24.5 Å². The maximum Gasteiger partial charge on any atom is 0.268 e. The molecular weight excluding hydrogens is 394 g/mol. The zero-order chi connectivity index (χ0) is 20.9. The molecule has 2 heterocycles. The van der Waals surface area contributed by atoms with E-state index in [2.05, 4.69) is 28.8 Å². The van der Waals surface area contributed by atoms with Crippen LogP contribution in [-0.2, 0) is 17.8 Å². The lowest BCUT2D eigenvalue weighted by Crippen LogP contribution is -2.29. The molecule has 3 aromatic rings. The average molecular weight is 420 g/mol. The quantitative estimate of drug-likeness (QED) is 0.572. The highest BCUT2D eigenvalue weighted by atomic mass is 32.1. The van der Waals surface area contributed by atoms with Gasteiger partial charge in [0.05, 0.1) is 4.88 Å². The van der Waals surface area contributed by atoms with Gasteiger partial charge in [-0.15, -0.1) is 11.3 Å². The molecule has 0 bridgehead atoms. The van der Waals surface area contributed by atoms with Crippen LogP contribution in [0.2, 0.25) is 0 Å². The fourth-order valence-corrected chi connectivity index (χ4v) is 4.72. The van der Waals surface area contributed by atoms with Crippen LogP contribution in [-0.4, -0.2) is 31.4 Å². The zero-order valence-corrected chi connectivity index (χ0v) is 17.8. The molecule has 0 spiro atoms. The van der Waals surface area contributed by atoms with E-state index in [0.717, 1.165) is 21.9 Å². The van der Waals surface area contributed by atoms with E-state index < -0.39 is 0 Å². The lowest BCUT2D eigenvalue weighted by molar-refractivity contribution is -0.118. The largest absolute Gasteiger partial charge is 0.355 e. The highest BCUT2D eigenvalue weighted by molar-refractivity contribution is 7.14. The molecule has 154 valence electrons. The van der Waals surface area contributed by atoms with Gasteiger partial charge in [0, 0.05) is 43.7 Å². The van der Waals surface area contributed by atoms with E-state index >= 15 is 0 Å². The molecule has 0 atom stereocenters. The fourth-order valence-electron chi connectivity index (χ4n) is 3.79. The molecule has 4 rings (SSSR count). The Morgan fingerprint density at radius 1 is 1.00 bits per heavy atom. The number of nitrogens with one attached hydrogen (secondary N) is 2. The Balaban J connectivity index is 1.44. The predicted molar refractivity (Wildman–Crippen MR) is 122 cm³/mol.